The number of carbonyl (C=O) groups is 1. The van der Waals surface area contributed by atoms with E-state index in [4.69, 9.17) is 0 Å². The quantitative estimate of drug-likeness (QED) is 0.835. The van der Waals surface area contributed by atoms with Gasteiger partial charge in [-0.05, 0) is 48.9 Å². The summed E-state index contributed by atoms with van der Waals surface area (Å²) in [7, 11) is 0. The van der Waals surface area contributed by atoms with Gasteiger partial charge in [0.2, 0.25) is 5.91 Å². The Morgan fingerprint density at radius 2 is 1.77 bits per heavy atom. The fourth-order valence-electron chi connectivity index (χ4n) is 2.59. The number of rotatable bonds is 6. The molecule has 2 aromatic carbocycles. The topological polar surface area (TPSA) is 29.1 Å². The molecule has 0 heterocycles. The van der Waals surface area contributed by atoms with Crippen LogP contribution in [0.1, 0.15) is 48.1 Å². The Hall–Kier alpha value is -2.09. The van der Waals surface area contributed by atoms with Crippen LogP contribution in [-0.2, 0) is 11.2 Å². The van der Waals surface area contributed by atoms with Crippen LogP contribution in [0.4, 0.5) is 0 Å². The third-order valence-corrected chi connectivity index (χ3v) is 4.16. The van der Waals surface area contributed by atoms with Crippen molar-refractivity contribution in [1.29, 1.82) is 0 Å². The molecule has 22 heavy (non-hydrogen) atoms. The van der Waals surface area contributed by atoms with Crippen molar-refractivity contribution in [2.24, 2.45) is 0 Å². The fraction of sp³-hybridized carbons (Fsp3) is 0.350. The van der Waals surface area contributed by atoms with Crippen LogP contribution in [0.2, 0.25) is 0 Å². The van der Waals surface area contributed by atoms with E-state index in [1.807, 2.05) is 18.2 Å². The molecule has 0 unspecified atom stereocenters. The largest absolute Gasteiger partial charge is 0.349 e. The molecule has 0 bridgehead atoms. The molecule has 116 valence electrons. The summed E-state index contributed by atoms with van der Waals surface area (Å²) in [4.78, 5) is 12.2. The summed E-state index contributed by atoms with van der Waals surface area (Å²) in [5.41, 5.74) is 4.98. The number of amides is 1. The Balaban J connectivity index is 1.90. The fourth-order valence-corrected chi connectivity index (χ4v) is 2.59. The Kier molecular flexibility index (Phi) is 5.76. The minimum atomic E-state index is 0.105. The van der Waals surface area contributed by atoms with Gasteiger partial charge in [0.25, 0.3) is 0 Å². The van der Waals surface area contributed by atoms with Crippen molar-refractivity contribution in [3.8, 4) is 0 Å². The smallest absolute Gasteiger partial charge is 0.220 e. The highest BCUT2D eigenvalue weighted by Gasteiger charge is 2.12. The lowest BCUT2D eigenvalue weighted by molar-refractivity contribution is -0.121. The SMILES string of the molecule is CC[C@H](NC(=O)CCc1ccc(C)c(C)c1)c1ccccc1. The minimum absolute atomic E-state index is 0.105. The standard InChI is InChI=1S/C20H25NO/c1-4-19(18-8-6-5-7-9-18)21-20(22)13-12-17-11-10-15(2)16(3)14-17/h5-11,14,19H,4,12-13H2,1-3H3,(H,21,22)/t19-/m0/s1. The van der Waals surface area contributed by atoms with Crippen molar-refractivity contribution in [3.63, 3.8) is 0 Å². The van der Waals surface area contributed by atoms with E-state index in [0.717, 1.165) is 12.8 Å². The number of nitrogens with one attached hydrogen (secondary N) is 1. The van der Waals surface area contributed by atoms with Crippen molar-refractivity contribution in [3.05, 3.63) is 70.8 Å². The number of carbonyl (C=O) groups excluding carboxylic acids is 1. The summed E-state index contributed by atoms with van der Waals surface area (Å²) in [6.45, 7) is 6.32. The highest BCUT2D eigenvalue weighted by molar-refractivity contribution is 5.76. The zero-order valence-corrected chi connectivity index (χ0v) is 13.7. The Labute approximate surface area is 133 Å². The molecule has 1 amide bonds. The molecule has 0 saturated carbocycles. The van der Waals surface area contributed by atoms with E-state index < -0.39 is 0 Å². The van der Waals surface area contributed by atoms with Gasteiger partial charge in [0, 0.05) is 6.42 Å². The molecule has 0 radical (unpaired) electrons. The summed E-state index contributed by atoms with van der Waals surface area (Å²) < 4.78 is 0. The molecule has 2 aromatic rings. The van der Waals surface area contributed by atoms with Crippen LogP contribution in [0.3, 0.4) is 0 Å². The number of benzene rings is 2. The van der Waals surface area contributed by atoms with Gasteiger partial charge >= 0.3 is 0 Å². The van der Waals surface area contributed by atoms with E-state index in [-0.39, 0.29) is 11.9 Å². The predicted octanol–water partition coefficient (Wildman–Crippen LogP) is 4.50. The molecule has 0 aromatic heterocycles. The van der Waals surface area contributed by atoms with Crippen LogP contribution in [0.25, 0.3) is 0 Å². The third kappa shape index (κ3) is 4.45. The second-order valence-electron chi connectivity index (χ2n) is 5.86. The maximum Gasteiger partial charge on any atom is 0.220 e. The molecular formula is C20H25NO. The zero-order chi connectivity index (χ0) is 15.9. The van der Waals surface area contributed by atoms with Gasteiger partial charge in [0.15, 0.2) is 0 Å². The molecule has 1 atom stereocenters. The first-order chi connectivity index (χ1) is 10.6. The van der Waals surface area contributed by atoms with Crippen molar-refractivity contribution in [2.75, 3.05) is 0 Å². The number of hydrogen-bond donors (Lipinski definition) is 1. The van der Waals surface area contributed by atoms with Crippen LogP contribution < -0.4 is 5.32 Å². The first-order valence-corrected chi connectivity index (χ1v) is 8.00. The van der Waals surface area contributed by atoms with Crippen molar-refractivity contribution < 1.29 is 4.79 Å². The zero-order valence-electron chi connectivity index (χ0n) is 13.7. The monoisotopic (exact) mass is 295 g/mol. The summed E-state index contributed by atoms with van der Waals surface area (Å²) in [5.74, 6) is 0.119. The Morgan fingerprint density at radius 3 is 2.41 bits per heavy atom. The molecule has 0 aliphatic rings. The lowest BCUT2D eigenvalue weighted by Crippen LogP contribution is -2.28. The van der Waals surface area contributed by atoms with Crippen molar-refractivity contribution in [1.82, 2.24) is 5.32 Å². The Morgan fingerprint density at radius 1 is 1.05 bits per heavy atom. The normalized spacial score (nSPS) is 12.0. The average Bonchev–Trinajstić information content (AvgIpc) is 2.54. The van der Waals surface area contributed by atoms with E-state index in [2.05, 4.69) is 56.4 Å². The third-order valence-electron chi connectivity index (χ3n) is 4.16. The minimum Gasteiger partial charge on any atom is -0.349 e. The van der Waals surface area contributed by atoms with E-state index in [1.165, 1.54) is 22.3 Å². The van der Waals surface area contributed by atoms with Crippen LogP contribution in [-0.4, -0.2) is 5.91 Å². The number of aryl methyl sites for hydroxylation is 3. The van der Waals surface area contributed by atoms with Gasteiger partial charge in [-0.15, -0.1) is 0 Å². The van der Waals surface area contributed by atoms with Gasteiger partial charge in [0.05, 0.1) is 6.04 Å². The molecule has 0 saturated heterocycles. The van der Waals surface area contributed by atoms with E-state index in [1.54, 1.807) is 0 Å². The summed E-state index contributed by atoms with van der Waals surface area (Å²) in [5, 5.41) is 3.14. The lowest BCUT2D eigenvalue weighted by atomic mass is 10.0. The highest BCUT2D eigenvalue weighted by atomic mass is 16.1. The van der Waals surface area contributed by atoms with Crippen LogP contribution in [0.15, 0.2) is 48.5 Å². The van der Waals surface area contributed by atoms with Crippen LogP contribution >= 0.6 is 0 Å². The lowest BCUT2D eigenvalue weighted by Gasteiger charge is -2.17. The van der Waals surface area contributed by atoms with Gasteiger partial charge in [-0.2, -0.15) is 0 Å². The summed E-state index contributed by atoms with van der Waals surface area (Å²) in [6, 6.07) is 16.7. The predicted molar refractivity (Wildman–Crippen MR) is 91.9 cm³/mol. The molecule has 0 fully saturated rings. The molecule has 1 N–H and O–H groups in total. The molecular weight excluding hydrogens is 270 g/mol. The maximum absolute atomic E-state index is 12.2. The van der Waals surface area contributed by atoms with Crippen LogP contribution in [0, 0.1) is 13.8 Å². The first-order valence-electron chi connectivity index (χ1n) is 8.00. The molecule has 0 spiro atoms. The summed E-state index contributed by atoms with van der Waals surface area (Å²) >= 11 is 0. The molecule has 0 aliphatic heterocycles. The molecule has 2 rings (SSSR count). The van der Waals surface area contributed by atoms with Gasteiger partial charge in [-0.3, -0.25) is 4.79 Å². The second-order valence-corrected chi connectivity index (χ2v) is 5.86. The van der Waals surface area contributed by atoms with Gasteiger partial charge in [-0.25, -0.2) is 0 Å². The average molecular weight is 295 g/mol. The summed E-state index contributed by atoms with van der Waals surface area (Å²) in [6.07, 6.45) is 2.23. The Bertz CT molecular complexity index is 619. The molecule has 2 heteroatoms. The second kappa shape index (κ2) is 7.79. The van der Waals surface area contributed by atoms with Gasteiger partial charge in [0.1, 0.15) is 0 Å². The number of hydrogen-bond acceptors (Lipinski definition) is 1. The highest BCUT2D eigenvalue weighted by Crippen LogP contribution is 2.16. The first kappa shape index (κ1) is 16.3. The van der Waals surface area contributed by atoms with Crippen molar-refractivity contribution in [2.45, 2.75) is 46.1 Å². The molecule has 2 nitrogen and oxygen atoms in total. The van der Waals surface area contributed by atoms with E-state index in [0.29, 0.717) is 6.42 Å². The van der Waals surface area contributed by atoms with E-state index >= 15 is 0 Å². The van der Waals surface area contributed by atoms with E-state index in [9.17, 15) is 4.79 Å². The van der Waals surface area contributed by atoms with Crippen LogP contribution in [0.5, 0.6) is 0 Å². The maximum atomic E-state index is 12.2. The van der Waals surface area contributed by atoms with Crippen molar-refractivity contribution >= 4 is 5.91 Å². The van der Waals surface area contributed by atoms with Gasteiger partial charge in [-0.1, -0.05) is 55.5 Å². The van der Waals surface area contributed by atoms with Gasteiger partial charge < -0.3 is 5.32 Å². The molecule has 0 aliphatic carbocycles.